The molecular weight excluding hydrogens is 326 g/mol. The molecular formula is C23H46ClN. The highest BCUT2D eigenvalue weighted by Gasteiger charge is 2.31. The Labute approximate surface area is 164 Å². The number of rotatable bonds is 20. The number of unbranched alkanes of at least 4 members (excludes halogenated alkanes) is 17. The van der Waals surface area contributed by atoms with Gasteiger partial charge >= 0.3 is 0 Å². The van der Waals surface area contributed by atoms with Gasteiger partial charge in [0.05, 0.1) is 0 Å². The summed E-state index contributed by atoms with van der Waals surface area (Å²) in [4.78, 5) is 2.51. The largest absolute Gasteiger partial charge is 0.296 e. The van der Waals surface area contributed by atoms with Crippen molar-refractivity contribution in [2.45, 2.75) is 129 Å². The zero-order valence-electron chi connectivity index (χ0n) is 17.3. The molecule has 1 fully saturated rings. The molecule has 1 aliphatic heterocycles. The lowest BCUT2D eigenvalue weighted by Gasteiger charge is -2.04. The van der Waals surface area contributed by atoms with E-state index >= 15 is 0 Å². The zero-order valence-corrected chi connectivity index (χ0v) is 18.0. The Balaban J connectivity index is 1.62. The maximum atomic E-state index is 5.84. The summed E-state index contributed by atoms with van der Waals surface area (Å²) in [5, 5.41) is 0. The van der Waals surface area contributed by atoms with Crippen LogP contribution in [0.4, 0.5) is 0 Å². The van der Waals surface area contributed by atoms with Crippen molar-refractivity contribution >= 4 is 11.6 Å². The van der Waals surface area contributed by atoms with Crippen molar-refractivity contribution < 1.29 is 0 Å². The van der Waals surface area contributed by atoms with E-state index in [2.05, 4.69) is 11.8 Å². The number of hydrogen-bond donors (Lipinski definition) is 0. The molecule has 0 bridgehead atoms. The maximum absolute atomic E-state index is 5.84. The Morgan fingerprint density at radius 3 is 1.28 bits per heavy atom. The summed E-state index contributed by atoms with van der Waals surface area (Å²) in [5.41, 5.74) is 0. The third kappa shape index (κ3) is 15.0. The van der Waals surface area contributed by atoms with Gasteiger partial charge in [-0.1, -0.05) is 116 Å². The summed E-state index contributed by atoms with van der Waals surface area (Å²) in [6.45, 7) is 4.84. The second kappa shape index (κ2) is 17.7. The fourth-order valence-corrected chi connectivity index (χ4v) is 4.15. The van der Waals surface area contributed by atoms with Gasteiger partial charge < -0.3 is 0 Å². The van der Waals surface area contributed by atoms with Crippen molar-refractivity contribution in [3.8, 4) is 0 Å². The minimum atomic E-state index is 0.715. The Bertz CT molecular complexity index is 269. The van der Waals surface area contributed by atoms with Crippen molar-refractivity contribution in [3.63, 3.8) is 0 Å². The summed E-state index contributed by atoms with van der Waals surface area (Å²) < 4.78 is 0. The van der Waals surface area contributed by atoms with E-state index in [1.54, 1.807) is 0 Å². The zero-order chi connectivity index (χ0) is 18.0. The highest BCUT2D eigenvalue weighted by molar-refractivity contribution is 6.18. The SMILES string of the molecule is CCCCCCCCCCCCCCCCCCCC[N@]1CC1CCl. The van der Waals surface area contributed by atoms with E-state index in [1.807, 2.05) is 0 Å². The molecule has 0 saturated carbocycles. The Hall–Kier alpha value is 0.250. The van der Waals surface area contributed by atoms with E-state index in [1.165, 1.54) is 129 Å². The third-order valence-corrected chi connectivity index (χ3v) is 6.16. The average molecular weight is 372 g/mol. The molecule has 2 heteroatoms. The molecule has 0 radical (unpaired) electrons. The van der Waals surface area contributed by atoms with Gasteiger partial charge in [0.2, 0.25) is 0 Å². The van der Waals surface area contributed by atoms with Gasteiger partial charge in [0.15, 0.2) is 0 Å². The van der Waals surface area contributed by atoms with Crippen molar-refractivity contribution in [1.82, 2.24) is 4.90 Å². The van der Waals surface area contributed by atoms with Gasteiger partial charge in [-0.05, 0) is 13.0 Å². The molecule has 0 N–H and O–H groups in total. The van der Waals surface area contributed by atoms with Crippen molar-refractivity contribution in [2.24, 2.45) is 0 Å². The number of nitrogens with zero attached hydrogens (tertiary/aromatic N) is 1. The number of alkyl halides is 1. The molecule has 2 atom stereocenters. The van der Waals surface area contributed by atoms with Gasteiger partial charge in [-0.15, -0.1) is 11.6 Å². The van der Waals surface area contributed by atoms with Crippen LogP contribution in [-0.2, 0) is 0 Å². The standard InChI is InChI=1S/C23H46ClN/c1-2-3-4-5-6-7-8-9-10-11-12-13-14-15-16-17-18-19-20-25-22-23(25)21-24/h23H,2-22H2,1H3/t23?,25-/m1/s1. The van der Waals surface area contributed by atoms with Crippen LogP contribution in [0.1, 0.15) is 122 Å². The molecule has 0 aromatic rings. The number of hydrogen-bond acceptors (Lipinski definition) is 1. The van der Waals surface area contributed by atoms with Crippen LogP contribution in [0.5, 0.6) is 0 Å². The van der Waals surface area contributed by atoms with Gasteiger partial charge in [0.1, 0.15) is 0 Å². The first-order valence-corrected chi connectivity index (χ1v) is 12.2. The van der Waals surface area contributed by atoms with Gasteiger partial charge in [-0.3, -0.25) is 4.90 Å². The molecule has 1 unspecified atom stereocenters. The fraction of sp³-hybridized carbons (Fsp3) is 1.00. The lowest BCUT2D eigenvalue weighted by atomic mass is 10.0. The van der Waals surface area contributed by atoms with Gasteiger partial charge in [0, 0.05) is 18.5 Å². The normalized spacial score (nSPS) is 19.4. The van der Waals surface area contributed by atoms with E-state index in [0.29, 0.717) is 6.04 Å². The Morgan fingerprint density at radius 2 is 0.960 bits per heavy atom. The molecule has 1 aliphatic rings. The average Bonchev–Trinajstić information content (AvgIpc) is 3.39. The van der Waals surface area contributed by atoms with E-state index in [0.717, 1.165) is 5.88 Å². The monoisotopic (exact) mass is 371 g/mol. The van der Waals surface area contributed by atoms with Gasteiger partial charge in [0.25, 0.3) is 0 Å². The lowest BCUT2D eigenvalue weighted by Crippen LogP contribution is -2.04. The van der Waals surface area contributed by atoms with E-state index in [4.69, 9.17) is 11.6 Å². The van der Waals surface area contributed by atoms with Crippen LogP contribution in [0.15, 0.2) is 0 Å². The minimum absolute atomic E-state index is 0.715. The molecule has 25 heavy (non-hydrogen) atoms. The molecule has 0 aromatic heterocycles. The highest BCUT2D eigenvalue weighted by atomic mass is 35.5. The van der Waals surface area contributed by atoms with Crippen LogP contribution >= 0.6 is 11.6 Å². The van der Waals surface area contributed by atoms with E-state index in [-0.39, 0.29) is 0 Å². The summed E-state index contributed by atoms with van der Waals surface area (Å²) in [7, 11) is 0. The molecule has 0 aliphatic carbocycles. The summed E-state index contributed by atoms with van der Waals surface area (Å²) in [6, 6.07) is 0.715. The second-order valence-corrected chi connectivity index (χ2v) is 8.62. The fourth-order valence-electron chi connectivity index (χ4n) is 3.86. The van der Waals surface area contributed by atoms with Crippen LogP contribution in [0.2, 0.25) is 0 Å². The topological polar surface area (TPSA) is 3.01 Å². The molecule has 0 spiro atoms. The third-order valence-electron chi connectivity index (χ3n) is 5.81. The van der Waals surface area contributed by atoms with Crippen LogP contribution in [0.3, 0.4) is 0 Å². The van der Waals surface area contributed by atoms with Crippen LogP contribution in [0.25, 0.3) is 0 Å². The number of halogens is 1. The highest BCUT2D eigenvalue weighted by Crippen LogP contribution is 2.20. The molecule has 150 valence electrons. The second-order valence-electron chi connectivity index (χ2n) is 8.31. The predicted octanol–water partition coefficient (Wildman–Crippen LogP) is 7.95. The van der Waals surface area contributed by atoms with Gasteiger partial charge in [-0.25, -0.2) is 0 Å². The van der Waals surface area contributed by atoms with Crippen molar-refractivity contribution in [3.05, 3.63) is 0 Å². The van der Waals surface area contributed by atoms with Crippen molar-refractivity contribution in [2.75, 3.05) is 19.0 Å². The summed E-state index contributed by atoms with van der Waals surface area (Å²) >= 11 is 5.84. The first kappa shape index (κ1) is 23.3. The molecule has 1 nitrogen and oxygen atoms in total. The summed E-state index contributed by atoms with van der Waals surface area (Å²) in [5.74, 6) is 0.832. The minimum Gasteiger partial charge on any atom is -0.296 e. The first-order chi connectivity index (χ1) is 12.4. The molecule has 1 heterocycles. The molecule has 1 saturated heterocycles. The summed E-state index contributed by atoms with van der Waals surface area (Å²) in [6.07, 6.45) is 26.2. The van der Waals surface area contributed by atoms with Crippen LogP contribution in [-0.4, -0.2) is 29.9 Å². The Morgan fingerprint density at radius 1 is 0.600 bits per heavy atom. The van der Waals surface area contributed by atoms with Gasteiger partial charge in [-0.2, -0.15) is 0 Å². The Kier molecular flexibility index (Phi) is 16.4. The predicted molar refractivity (Wildman–Crippen MR) is 115 cm³/mol. The lowest BCUT2D eigenvalue weighted by molar-refractivity contribution is 0.473. The molecule has 0 aromatic carbocycles. The van der Waals surface area contributed by atoms with Crippen molar-refractivity contribution in [1.29, 1.82) is 0 Å². The maximum Gasteiger partial charge on any atom is 0.0392 e. The smallest absolute Gasteiger partial charge is 0.0392 e. The van der Waals surface area contributed by atoms with E-state index in [9.17, 15) is 0 Å². The van der Waals surface area contributed by atoms with Crippen LogP contribution in [0, 0.1) is 0 Å². The van der Waals surface area contributed by atoms with Crippen LogP contribution < -0.4 is 0 Å². The molecule has 1 rings (SSSR count). The quantitative estimate of drug-likeness (QED) is 0.119. The first-order valence-electron chi connectivity index (χ1n) is 11.7. The van der Waals surface area contributed by atoms with E-state index < -0.39 is 0 Å². The molecule has 0 amide bonds.